The first-order valence-corrected chi connectivity index (χ1v) is 13.7. The lowest BCUT2D eigenvalue weighted by Gasteiger charge is -2.49. The Balaban J connectivity index is 1.52. The molecule has 14 nitrogen and oxygen atoms in total. The summed E-state index contributed by atoms with van der Waals surface area (Å²) >= 11 is 3.57. The molecule has 0 bridgehead atoms. The second-order valence-corrected chi connectivity index (χ2v) is 11.3. The summed E-state index contributed by atoms with van der Waals surface area (Å²) in [5, 5.41) is 26.8. The third-order valence-corrected chi connectivity index (χ3v) is 8.29. The van der Waals surface area contributed by atoms with E-state index in [1.165, 1.54) is 42.8 Å². The zero-order valence-corrected chi connectivity index (χ0v) is 22.3. The van der Waals surface area contributed by atoms with Gasteiger partial charge in [0.2, 0.25) is 5.60 Å². The van der Waals surface area contributed by atoms with Crippen molar-refractivity contribution in [3.63, 3.8) is 0 Å². The largest absolute Gasteiger partial charge is 0.478 e. The Kier molecular flexibility index (Phi) is 7.89. The first kappa shape index (κ1) is 27.3. The van der Waals surface area contributed by atoms with Gasteiger partial charge in [0.05, 0.1) is 0 Å². The molecular formula is C21H21N7O7S3. The number of fused-ring (bicyclic) bond motifs is 1. The Morgan fingerprint density at radius 3 is 2.63 bits per heavy atom. The standard InChI is InChI=1S/C21H21N7O7S3/c1-21(2,18(33)34)35-27-11(10-8-37-19(22)25-10)14(29)26-12-15(30)28-13(17(31)32)9(6-36-16(12)28)7-38-20-23-4-3-5-24-20/h3-5,8,12,16H,6-7H2,1-2H3,(H2,22,25)(H,26,29)(H,31,32)(H,33,34)/b27-11-/t12-,16-/m1/s1. The number of hydrogen-bond acceptors (Lipinski definition) is 13. The number of carbonyl (C=O) groups is 4. The molecule has 0 aromatic carbocycles. The number of nitrogens with one attached hydrogen (secondary N) is 1. The zero-order valence-electron chi connectivity index (χ0n) is 19.9. The number of carboxylic acid groups (broad SMARTS) is 2. The Hall–Kier alpha value is -3.70. The minimum atomic E-state index is -1.75. The number of carbonyl (C=O) groups excluding carboxylic acids is 2. The fraction of sp³-hybridized carbons (Fsp3) is 0.333. The number of aliphatic carboxylic acids is 2. The first-order chi connectivity index (χ1) is 18.0. The van der Waals surface area contributed by atoms with Crippen LogP contribution in [-0.2, 0) is 24.0 Å². The number of nitrogens with two attached hydrogens (primary N) is 1. The quantitative estimate of drug-likeness (QED) is 0.100. The molecule has 0 unspecified atom stereocenters. The van der Waals surface area contributed by atoms with Crippen molar-refractivity contribution >= 4 is 69.5 Å². The molecule has 200 valence electrons. The Morgan fingerprint density at radius 2 is 2.03 bits per heavy atom. The molecule has 1 saturated heterocycles. The second-order valence-electron chi connectivity index (χ2n) is 8.36. The first-order valence-electron chi connectivity index (χ1n) is 10.8. The van der Waals surface area contributed by atoms with Crippen LogP contribution in [0.4, 0.5) is 5.13 Å². The fourth-order valence-corrected chi connectivity index (χ4v) is 6.15. The summed E-state index contributed by atoms with van der Waals surface area (Å²) in [5.74, 6) is -3.48. The van der Waals surface area contributed by atoms with Crippen LogP contribution in [0, 0.1) is 0 Å². The van der Waals surface area contributed by atoms with Crippen molar-refractivity contribution in [2.24, 2.45) is 5.16 Å². The fourth-order valence-electron chi connectivity index (χ4n) is 3.32. The predicted molar refractivity (Wildman–Crippen MR) is 138 cm³/mol. The van der Waals surface area contributed by atoms with Crippen molar-refractivity contribution in [2.75, 3.05) is 17.2 Å². The smallest absolute Gasteiger partial charge is 0.352 e. The third-order valence-electron chi connectivity index (χ3n) is 5.31. The maximum atomic E-state index is 13.1. The lowest BCUT2D eigenvalue weighted by atomic mass is 10.0. The van der Waals surface area contributed by atoms with Gasteiger partial charge in [-0.25, -0.2) is 24.5 Å². The Labute approximate surface area is 227 Å². The lowest BCUT2D eigenvalue weighted by Crippen LogP contribution is -2.71. The third kappa shape index (κ3) is 5.58. The monoisotopic (exact) mass is 579 g/mol. The molecule has 4 heterocycles. The number of rotatable bonds is 10. The molecule has 2 atom stereocenters. The highest BCUT2D eigenvalue weighted by Gasteiger charge is 2.54. The van der Waals surface area contributed by atoms with Crippen LogP contribution in [0.3, 0.4) is 0 Å². The van der Waals surface area contributed by atoms with E-state index in [2.05, 4.69) is 25.4 Å². The van der Waals surface area contributed by atoms with Gasteiger partial charge >= 0.3 is 11.9 Å². The van der Waals surface area contributed by atoms with Gasteiger partial charge in [-0.15, -0.1) is 23.1 Å². The highest BCUT2D eigenvalue weighted by atomic mass is 32.2. The molecule has 0 radical (unpaired) electrons. The number of nitrogens with zero attached hydrogens (tertiary/aromatic N) is 5. The minimum absolute atomic E-state index is 0.0275. The van der Waals surface area contributed by atoms with Crippen molar-refractivity contribution in [2.45, 2.75) is 36.0 Å². The van der Waals surface area contributed by atoms with E-state index in [1.54, 1.807) is 18.5 Å². The number of oxime groups is 1. The Morgan fingerprint density at radius 1 is 1.32 bits per heavy atom. The summed E-state index contributed by atoms with van der Waals surface area (Å²) in [4.78, 5) is 68.0. The Bertz CT molecular complexity index is 1350. The number of nitrogen functional groups attached to an aromatic ring is 1. The van der Waals surface area contributed by atoms with Crippen molar-refractivity contribution in [1.82, 2.24) is 25.2 Å². The van der Waals surface area contributed by atoms with Crippen LogP contribution in [0.25, 0.3) is 0 Å². The number of hydrogen-bond donors (Lipinski definition) is 4. The maximum absolute atomic E-state index is 13.1. The van der Waals surface area contributed by atoms with Gasteiger partial charge in [0, 0.05) is 29.3 Å². The number of thioether (sulfide) groups is 2. The number of carboxylic acids is 2. The summed E-state index contributed by atoms with van der Waals surface area (Å²) in [7, 11) is 0. The highest BCUT2D eigenvalue weighted by Crippen LogP contribution is 2.41. The topological polar surface area (TPSA) is 210 Å². The van der Waals surface area contributed by atoms with E-state index >= 15 is 0 Å². The van der Waals surface area contributed by atoms with E-state index in [0.29, 0.717) is 16.5 Å². The molecule has 2 aromatic heterocycles. The molecule has 5 N–H and O–H groups in total. The van der Waals surface area contributed by atoms with Gasteiger partial charge in [0.1, 0.15) is 22.8 Å². The second kappa shape index (κ2) is 11.0. The van der Waals surface area contributed by atoms with Crippen LogP contribution in [0.1, 0.15) is 19.5 Å². The van der Waals surface area contributed by atoms with E-state index in [0.717, 1.165) is 16.2 Å². The van der Waals surface area contributed by atoms with Gasteiger partial charge < -0.3 is 26.1 Å². The van der Waals surface area contributed by atoms with Crippen LogP contribution in [0.15, 0.2) is 45.4 Å². The number of aromatic nitrogens is 3. The van der Waals surface area contributed by atoms with E-state index in [9.17, 15) is 29.4 Å². The van der Waals surface area contributed by atoms with Crippen LogP contribution in [0.5, 0.6) is 0 Å². The van der Waals surface area contributed by atoms with Crippen LogP contribution < -0.4 is 11.1 Å². The molecule has 2 aliphatic heterocycles. The summed E-state index contributed by atoms with van der Waals surface area (Å²) in [6.07, 6.45) is 3.15. The molecule has 1 fully saturated rings. The van der Waals surface area contributed by atoms with Gasteiger partial charge in [-0.05, 0) is 25.5 Å². The lowest BCUT2D eigenvalue weighted by molar-refractivity contribution is -0.161. The number of thiazole rings is 1. The van der Waals surface area contributed by atoms with Crippen molar-refractivity contribution in [3.05, 3.63) is 40.8 Å². The van der Waals surface area contributed by atoms with Gasteiger partial charge in [0.25, 0.3) is 11.8 Å². The molecule has 2 amide bonds. The number of anilines is 1. The van der Waals surface area contributed by atoms with Crippen LogP contribution in [-0.4, -0.2) is 88.1 Å². The summed E-state index contributed by atoms with van der Waals surface area (Å²) in [6.45, 7) is 2.49. The molecule has 2 aromatic rings. The van der Waals surface area contributed by atoms with E-state index in [-0.39, 0.29) is 28.0 Å². The van der Waals surface area contributed by atoms with Gasteiger partial charge in [0.15, 0.2) is 16.0 Å². The highest BCUT2D eigenvalue weighted by molar-refractivity contribution is 8.01. The zero-order chi connectivity index (χ0) is 27.6. The minimum Gasteiger partial charge on any atom is -0.478 e. The van der Waals surface area contributed by atoms with E-state index in [4.69, 9.17) is 10.6 Å². The van der Waals surface area contributed by atoms with Crippen LogP contribution in [0.2, 0.25) is 0 Å². The number of β-lactam (4-membered cyclic amide) rings is 1. The van der Waals surface area contributed by atoms with Crippen molar-refractivity contribution in [3.8, 4) is 0 Å². The average molecular weight is 580 g/mol. The van der Waals surface area contributed by atoms with E-state index in [1.807, 2.05) is 0 Å². The predicted octanol–water partition coefficient (Wildman–Crippen LogP) is 0.630. The molecule has 0 aliphatic carbocycles. The molecule has 38 heavy (non-hydrogen) atoms. The van der Waals surface area contributed by atoms with E-state index < -0.39 is 40.8 Å². The molecule has 17 heteroatoms. The summed E-state index contributed by atoms with van der Waals surface area (Å²) < 4.78 is 0. The maximum Gasteiger partial charge on any atom is 0.352 e. The molecule has 4 rings (SSSR count). The molecular weight excluding hydrogens is 558 g/mol. The molecule has 0 spiro atoms. The van der Waals surface area contributed by atoms with Gasteiger partial charge in [-0.3, -0.25) is 14.5 Å². The van der Waals surface area contributed by atoms with Crippen molar-refractivity contribution < 1.29 is 34.2 Å². The normalized spacial score (nSPS) is 19.5. The average Bonchev–Trinajstić information content (AvgIpc) is 3.31. The van der Waals surface area contributed by atoms with Crippen molar-refractivity contribution in [1.29, 1.82) is 0 Å². The molecule has 0 saturated carbocycles. The molecule has 2 aliphatic rings. The summed E-state index contributed by atoms with van der Waals surface area (Å²) in [5.41, 5.74) is 3.94. The van der Waals surface area contributed by atoms with Gasteiger partial charge in [-0.2, -0.15) is 0 Å². The SMILES string of the molecule is CC(C)(O/N=C(\C(=O)N[C@@H]1C(=O)N2C(C(=O)O)=C(CSc3ncccn3)CS[C@H]12)c1csc(N)n1)C(=O)O. The van der Waals surface area contributed by atoms with Crippen LogP contribution >= 0.6 is 34.9 Å². The van der Waals surface area contributed by atoms with Gasteiger partial charge in [-0.1, -0.05) is 16.9 Å². The summed E-state index contributed by atoms with van der Waals surface area (Å²) in [6, 6.07) is 0.612. The number of amides is 2.